The molecular formula is C85H106N4O17S. The molecule has 107 heavy (non-hydrogen) atoms. The number of unbranched alkanes of at least 4 members (excludes halogenated alkanes) is 1. The van der Waals surface area contributed by atoms with Gasteiger partial charge in [0.1, 0.15) is 17.2 Å². The predicted octanol–water partition coefficient (Wildman–Crippen LogP) is 16.6. The molecule has 0 radical (unpaired) electrons. The molecule has 4 aliphatic heterocycles. The number of rotatable bonds is 26. The molecular weight excluding hydrogens is 1380 g/mol. The zero-order valence-electron chi connectivity index (χ0n) is 63.9. The summed E-state index contributed by atoms with van der Waals surface area (Å²) in [6.45, 7) is 29.1. The molecule has 21 nitrogen and oxygen atoms in total. The third kappa shape index (κ3) is 24.1. The Morgan fingerprint density at radius 3 is 1.13 bits per heavy atom. The fourth-order valence-electron chi connectivity index (χ4n) is 13.1. The standard InChI is InChI=1S/C23H27NO4.C21H25NO5.C21H25NO4S.C20H29NO4/c1-23(2,3)18-7-9-19(10-8-18)24-20(11-12-21(24)25)15-28-14-16-5-4-6-17(13-16)22(26)27;2*1-21(2,3)14-4-6-15(7-5-14)22-16(8-11-19(22)23)12-26-13-17-9-10-18(27-17)20(24)25;1-20(2,3)15-7-9-16(10-8-15)21-17(11-12-18(21)22)14-25-13-5-4-6-19(23)24/h4-10,13,20H,11-12,14-15H2,1-3H3,(H,26,27);2*4-7,9-10,16H,8,11-13H2,1-3H3,(H,24,25);7-10,17H,4-6,11-14H2,1-3H3,(H,23,24)/t20-;2*16-;17-/m0000/s1. The first-order valence-corrected chi connectivity index (χ1v) is 37.6. The summed E-state index contributed by atoms with van der Waals surface area (Å²) in [5.41, 5.74) is 9.90. The first-order chi connectivity index (χ1) is 50.5. The van der Waals surface area contributed by atoms with Gasteiger partial charge in [0.25, 0.3) is 0 Å². The van der Waals surface area contributed by atoms with Gasteiger partial charge in [-0.2, -0.15) is 0 Å². The molecule has 4 N–H and O–H groups in total. The Morgan fingerprint density at radius 1 is 0.421 bits per heavy atom. The highest BCUT2D eigenvalue weighted by Gasteiger charge is 2.37. The minimum Gasteiger partial charge on any atom is -0.481 e. The Morgan fingerprint density at radius 2 is 0.794 bits per heavy atom. The van der Waals surface area contributed by atoms with Gasteiger partial charge in [0, 0.05) is 66.3 Å². The smallest absolute Gasteiger partial charge is 0.371 e. The van der Waals surface area contributed by atoms with E-state index in [1.165, 1.54) is 39.7 Å². The van der Waals surface area contributed by atoms with Crippen LogP contribution in [0, 0.1) is 0 Å². The number of amides is 4. The molecule has 7 aromatic rings. The lowest BCUT2D eigenvalue weighted by atomic mass is 9.87. The van der Waals surface area contributed by atoms with E-state index in [-0.39, 0.29) is 93.8 Å². The predicted molar refractivity (Wildman–Crippen MR) is 414 cm³/mol. The summed E-state index contributed by atoms with van der Waals surface area (Å²) < 4.78 is 28.2. The molecule has 0 bridgehead atoms. The van der Waals surface area contributed by atoms with Gasteiger partial charge in [0.2, 0.25) is 29.4 Å². The lowest BCUT2D eigenvalue weighted by Crippen LogP contribution is -2.36. The highest BCUT2D eigenvalue weighted by atomic mass is 32.1. The van der Waals surface area contributed by atoms with E-state index in [0.717, 1.165) is 65.3 Å². The van der Waals surface area contributed by atoms with Gasteiger partial charge >= 0.3 is 23.9 Å². The van der Waals surface area contributed by atoms with Crippen molar-refractivity contribution < 1.29 is 82.1 Å². The maximum absolute atomic E-state index is 12.4. The van der Waals surface area contributed by atoms with E-state index in [0.29, 0.717) is 89.0 Å². The number of carbonyl (C=O) groups is 8. The molecule has 4 saturated heterocycles. The molecule has 0 spiro atoms. The van der Waals surface area contributed by atoms with Crippen molar-refractivity contribution in [2.45, 2.75) is 219 Å². The van der Waals surface area contributed by atoms with Crippen LogP contribution in [0.25, 0.3) is 0 Å². The Kier molecular flexibility index (Phi) is 29.2. The van der Waals surface area contributed by atoms with E-state index in [1.54, 1.807) is 41.3 Å². The summed E-state index contributed by atoms with van der Waals surface area (Å²) in [5.74, 6) is -2.92. The van der Waals surface area contributed by atoms with Crippen molar-refractivity contribution in [3.8, 4) is 0 Å². The van der Waals surface area contributed by atoms with Crippen molar-refractivity contribution in [3.63, 3.8) is 0 Å². The molecule has 0 aliphatic carbocycles. The van der Waals surface area contributed by atoms with E-state index in [9.17, 15) is 38.4 Å². The Bertz CT molecular complexity index is 4000. The summed E-state index contributed by atoms with van der Waals surface area (Å²) in [5, 5.41) is 35.6. The summed E-state index contributed by atoms with van der Waals surface area (Å²) in [7, 11) is 0. The Hall–Kier alpha value is -9.32. The van der Waals surface area contributed by atoms with Crippen molar-refractivity contribution in [1.82, 2.24) is 0 Å². The van der Waals surface area contributed by atoms with E-state index in [1.807, 2.05) is 69.3 Å². The molecule has 4 aliphatic rings. The number of nitrogens with zero attached hydrogens (tertiary/aromatic N) is 4. The second-order valence-electron chi connectivity index (χ2n) is 31.6. The number of aromatic carboxylic acids is 3. The quantitative estimate of drug-likeness (QED) is 0.0367. The van der Waals surface area contributed by atoms with Crippen LogP contribution in [0.15, 0.2) is 150 Å². The lowest BCUT2D eigenvalue weighted by Gasteiger charge is -2.26. The summed E-state index contributed by atoms with van der Waals surface area (Å²) in [6.07, 6.45) is 6.68. The number of ether oxygens (including phenoxy) is 4. The van der Waals surface area contributed by atoms with E-state index >= 15 is 0 Å². The van der Waals surface area contributed by atoms with Gasteiger partial charge in [-0.1, -0.05) is 144 Å². The molecule has 11 rings (SSSR count). The first kappa shape index (κ1) is 83.3. The zero-order chi connectivity index (χ0) is 78.0. The number of thiophene rings is 1. The third-order valence-electron chi connectivity index (χ3n) is 19.2. The average Bonchev–Trinajstić information content (AvgIpc) is 1.77. The van der Waals surface area contributed by atoms with Crippen LogP contribution in [0.4, 0.5) is 22.7 Å². The number of furan rings is 1. The monoisotopic (exact) mass is 1490 g/mol. The van der Waals surface area contributed by atoms with Crippen LogP contribution in [0.5, 0.6) is 0 Å². The molecule has 2 aromatic heterocycles. The minimum atomic E-state index is -1.10. The summed E-state index contributed by atoms with van der Waals surface area (Å²) in [6, 6.07) is 45.8. The average molecular weight is 1490 g/mol. The van der Waals surface area contributed by atoms with E-state index < -0.39 is 23.9 Å². The molecule has 6 heterocycles. The fraction of sp³-hybridized carbons (Fsp3) is 0.459. The number of carboxylic acid groups (broad SMARTS) is 4. The number of carboxylic acids is 4. The van der Waals surface area contributed by atoms with Crippen LogP contribution in [-0.2, 0) is 84.4 Å². The Labute approximate surface area is 632 Å². The number of anilines is 4. The molecule has 4 amide bonds. The van der Waals surface area contributed by atoms with Crippen molar-refractivity contribution in [3.05, 3.63) is 200 Å². The van der Waals surface area contributed by atoms with Crippen LogP contribution in [0.1, 0.15) is 223 Å². The lowest BCUT2D eigenvalue weighted by molar-refractivity contribution is -0.137. The number of benzene rings is 5. The van der Waals surface area contributed by atoms with Gasteiger partial charge in [0.05, 0.1) is 69.4 Å². The molecule has 574 valence electrons. The molecule has 5 aromatic carbocycles. The molecule has 0 unspecified atom stereocenters. The maximum Gasteiger partial charge on any atom is 0.371 e. The van der Waals surface area contributed by atoms with Crippen LogP contribution in [-0.4, -0.2) is 125 Å². The minimum absolute atomic E-state index is 0.00403. The van der Waals surface area contributed by atoms with Gasteiger partial charge in [0.15, 0.2) is 0 Å². The third-order valence-corrected chi connectivity index (χ3v) is 20.2. The van der Waals surface area contributed by atoms with Crippen LogP contribution in [0.2, 0.25) is 0 Å². The fourth-order valence-corrected chi connectivity index (χ4v) is 13.8. The van der Waals surface area contributed by atoms with Gasteiger partial charge in [-0.05, 0) is 173 Å². The van der Waals surface area contributed by atoms with E-state index in [4.69, 9.17) is 43.8 Å². The number of aliphatic carboxylic acids is 1. The normalized spacial score (nSPS) is 17.5. The van der Waals surface area contributed by atoms with Crippen molar-refractivity contribution >= 4 is 81.6 Å². The molecule has 22 heteroatoms. The van der Waals surface area contributed by atoms with Crippen molar-refractivity contribution in [2.24, 2.45) is 0 Å². The molecule has 4 fully saturated rings. The molecule has 0 saturated carbocycles. The Balaban J connectivity index is 0.000000180. The summed E-state index contributed by atoms with van der Waals surface area (Å²) >= 11 is 1.22. The molecule has 4 atom stereocenters. The maximum atomic E-state index is 12.4. The van der Waals surface area contributed by atoms with Crippen LogP contribution in [0.3, 0.4) is 0 Å². The van der Waals surface area contributed by atoms with Crippen LogP contribution < -0.4 is 19.6 Å². The topological polar surface area (TPSA) is 280 Å². The van der Waals surface area contributed by atoms with Gasteiger partial charge in [-0.15, -0.1) is 11.3 Å². The number of hydrogen-bond acceptors (Lipinski definition) is 14. The van der Waals surface area contributed by atoms with Gasteiger partial charge in [-0.3, -0.25) is 24.0 Å². The van der Waals surface area contributed by atoms with Crippen molar-refractivity contribution in [2.75, 3.05) is 52.6 Å². The summed E-state index contributed by atoms with van der Waals surface area (Å²) in [4.78, 5) is 101. The van der Waals surface area contributed by atoms with Gasteiger partial charge in [-0.25, -0.2) is 14.4 Å². The van der Waals surface area contributed by atoms with E-state index in [2.05, 4.69) is 132 Å². The second kappa shape index (κ2) is 37.5. The van der Waals surface area contributed by atoms with Gasteiger partial charge < -0.3 is 63.4 Å². The van der Waals surface area contributed by atoms with Crippen molar-refractivity contribution in [1.29, 1.82) is 0 Å². The zero-order valence-corrected chi connectivity index (χ0v) is 64.7. The first-order valence-electron chi connectivity index (χ1n) is 36.7. The largest absolute Gasteiger partial charge is 0.481 e. The van der Waals surface area contributed by atoms with Crippen LogP contribution >= 0.6 is 11.3 Å². The SMILES string of the molecule is CC(C)(C)c1ccc(N2C(=O)CC[C@H]2COCCCCC(=O)O)cc1.CC(C)(C)c1ccc(N2C(=O)CC[C@H]2COCc2ccc(C(=O)O)o2)cc1.CC(C)(C)c1ccc(N2C(=O)CC[C@H]2COCc2ccc(C(=O)O)s2)cc1.CC(C)(C)c1ccc(N2C(=O)CC[C@H]2COCc2cccc(C(=O)O)c2)cc1. The second-order valence-corrected chi connectivity index (χ2v) is 32.8. The highest BCUT2D eigenvalue weighted by molar-refractivity contribution is 7.13. The highest BCUT2D eigenvalue weighted by Crippen LogP contribution is 2.36. The number of hydrogen-bond donors (Lipinski definition) is 4. The number of carbonyl (C=O) groups excluding carboxylic acids is 4.